The van der Waals surface area contributed by atoms with Crippen LogP contribution >= 0.6 is 0 Å². The Morgan fingerprint density at radius 1 is 0.862 bits per heavy atom. The molecule has 1 unspecified atom stereocenters. The van der Waals surface area contributed by atoms with Crippen molar-refractivity contribution in [2.75, 3.05) is 10.0 Å². The average molecular weight is 409 g/mol. The van der Waals surface area contributed by atoms with E-state index in [0.717, 1.165) is 12.0 Å². The first-order valence-corrected chi connectivity index (χ1v) is 11.0. The highest BCUT2D eigenvalue weighted by Crippen LogP contribution is 2.24. The summed E-state index contributed by atoms with van der Waals surface area (Å²) in [6.07, 6.45) is 1.22. The zero-order chi connectivity index (χ0) is 20.7. The van der Waals surface area contributed by atoms with E-state index in [4.69, 9.17) is 0 Å². The fourth-order valence-electron chi connectivity index (χ4n) is 3.13. The van der Waals surface area contributed by atoms with Crippen LogP contribution in [0.3, 0.4) is 0 Å². The van der Waals surface area contributed by atoms with Gasteiger partial charge in [0.1, 0.15) is 0 Å². The van der Waals surface area contributed by atoms with Gasteiger partial charge in [0.25, 0.3) is 10.0 Å². The molecular weight excluding hydrogens is 384 g/mol. The van der Waals surface area contributed by atoms with Crippen molar-refractivity contribution in [3.05, 3.63) is 90.5 Å². The molecule has 0 radical (unpaired) electrons. The van der Waals surface area contributed by atoms with E-state index in [1.807, 2.05) is 30.3 Å². The maximum Gasteiger partial charge on any atom is 0.261 e. The van der Waals surface area contributed by atoms with Crippen LogP contribution in [-0.2, 0) is 14.8 Å². The molecule has 0 aliphatic rings. The van der Waals surface area contributed by atoms with Gasteiger partial charge in [-0.1, -0.05) is 61.5 Å². The Morgan fingerprint density at radius 3 is 2.14 bits per heavy atom. The molecule has 29 heavy (non-hydrogen) atoms. The Bertz CT molecular complexity index is 1050. The van der Waals surface area contributed by atoms with Crippen LogP contribution in [-0.4, -0.2) is 14.3 Å². The van der Waals surface area contributed by atoms with Gasteiger partial charge in [-0.25, -0.2) is 8.42 Å². The number of hydrogen-bond donors (Lipinski definition) is 2. The van der Waals surface area contributed by atoms with Crippen LogP contribution in [0.1, 0.15) is 31.2 Å². The molecule has 0 aliphatic carbocycles. The van der Waals surface area contributed by atoms with Gasteiger partial charge >= 0.3 is 0 Å². The first-order chi connectivity index (χ1) is 14.0. The first kappa shape index (κ1) is 20.6. The predicted octanol–water partition coefficient (Wildman–Crippen LogP) is 5.01. The Hall–Kier alpha value is -3.12. The lowest BCUT2D eigenvalue weighted by molar-refractivity contribution is -0.116. The third kappa shape index (κ3) is 5.68. The average Bonchev–Trinajstić information content (AvgIpc) is 2.73. The number of rotatable bonds is 8. The summed E-state index contributed by atoms with van der Waals surface area (Å²) in [7, 11) is -3.68. The van der Waals surface area contributed by atoms with Gasteiger partial charge in [0, 0.05) is 12.1 Å². The molecule has 0 aliphatic heterocycles. The molecule has 6 heteroatoms. The minimum absolute atomic E-state index is 0.108. The molecule has 3 aromatic rings. The van der Waals surface area contributed by atoms with Crippen molar-refractivity contribution < 1.29 is 13.2 Å². The van der Waals surface area contributed by atoms with Crippen LogP contribution in [0.25, 0.3) is 0 Å². The van der Waals surface area contributed by atoms with Crippen LogP contribution in [0.15, 0.2) is 89.8 Å². The molecule has 3 aromatic carbocycles. The summed E-state index contributed by atoms with van der Waals surface area (Å²) in [5.41, 5.74) is 2.07. The SMILES string of the molecule is CCC(CC(=O)Nc1cccc(NS(=O)(=O)c2ccccc2)c1)c1ccccc1. The molecule has 0 spiro atoms. The van der Waals surface area contributed by atoms with Crippen LogP contribution in [0, 0.1) is 0 Å². The molecular formula is C23H24N2O3S. The van der Waals surface area contributed by atoms with E-state index in [1.54, 1.807) is 42.5 Å². The number of hydrogen-bond acceptors (Lipinski definition) is 3. The lowest BCUT2D eigenvalue weighted by atomic mass is 9.93. The van der Waals surface area contributed by atoms with Gasteiger partial charge in [-0.15, -0.1) is 0 Å². The molecule has 0 bridgehead atoms. The maximum absolute atomic E-state index is 12.5. The Kier molecular flexibility index (Phi) is 6.67. The molecule has 1 atom stereocenters. The second-order valence-electron chi connectivity index (χ2n) is 6.77. The summed E-state index contributed by atoms with van der Waals surface area (Å²) in [5.74, 6) is 0.0275. The van der Waals surface area contributed by atoms with E-state index in [0.29, 0.717) is 17.8 Å². The molecule has 0 saturated heterocycles. The highest BCUT2D eigenvalue weighted by atomic mass is 32.2. The van der Waals surface area contributed by atoms with Crippen LogP contribution in [0.2, 0.25) is 0 Å². The molecule has 150 valence electrons. The van der Waals surface area contributed by atoms with E-state index in [2.05, 4.69) is 17.0 Å². The minimum Gasteiger partial charge on any atom is -0.326 e. The second kappa shape index (κ2) is 9.39. The van der Waals surface area contributed by atoms with Crippen LogP contribution in [0.4, 0.5) is 11.4 Å². The number of anilines is 2. The maximum atomic E-state index is 12.5. The molecule has 1 amide bonds. The number of nitrogens with one attached hydrogen (secondary N) is 2. The Balaban J connectivity index is 1.67. The summed E-state index contributed by atoms with van der Waals surface area (Å²) in [4.78, 5) is 12.7. The van der Waals surface area contributed by atoms with Gasteiger partial charge in [-0.3, -0.25) is 9.52 Å². The van der Waals surface area contributed by atoms with Crippen molar-refractivity contribution in [2.24, 2.45) is 0 Å². The Morgan fingerprint density at radius 2 is 1.48 bits per heavy atom. The smallest absolute Gasteiger partial charge is 0.261 e. The third-order valence-electron chi connectivity index (χ3n) is 4.65. The number of carbonyl (C=O) groups is 1. The van der Waals surface area contributed by atoms with E-state index >= 15 is 0 Å². The third-order valence-corrected chi connectivity index (χ3v) is 6.04. The van der Waals surface area contributed by atoms with E-state index in [9.17, 15) is 13.2 Å². The van der Waals surface area contributed by atoms with Crippen molar-refractivity contribution >= 4 is 27.3 Å². The standard InChI is InChI=1S/C23H24N2O3S/c1-2-18(19-10-5-3-6-11-19)16-23(26)24-20-12-9-13-21(17-20)25-29(27,28)22-14-7-4-8-15-22/h3-15,17-18,25H,2,16H2,1H3,(H,24,26). The summed E-state index contributed by atoms with van der Waals surface area (Å²) in [6.45, 7) is 2.06. The lowest BCUT2D eigenvalue weighted by Gasteiger charge is -2.15. The van der Waals surface area contributed by atoms with Gasteiger partial charge < -0.3 is 5.32 Å². The molecule has 0 fully saturated rings. The van der Waals surface area contributed by atoms with Crippen molar-refractivity contribution in [1.29, 1.82) is 0 Å². The molecule has 3 rings (SSSR count). The molecule has 2 N–H and O–H groups in total. The van der Waals surface area contributed by atoms with Crippen LogP contribution < -0.4 is 10.0 Å². The van der Waals surface area contributed by atoms with Crippen molar-refractivity contribution in [3.63, 3.8) is 0 Å². The fraction of sp³-hybridized carbons (Fsp3) is 0.174. The zero-order valence-corrected chi connectivity index (χ0v) is 17.0. The molecule has 5 nitrogen and oxygen atoms in total. The van der Waals surface area contributed by atoms with Crippen molar-refractivity contribution in [2.45, 2.75) is 30.6 Å². The fourth-order valence-corrected chi connectivity index (χ4v) is 4.20. The highest BCUT2D eigenvalue weighted by molar-refractivity contribution is 7.92. The summed E-state index contributed by atoms with van der Waals surface area (Å²) >= 11 is 0. The number of amides is 1. The summed E-state index contributed by atoms with van der Waals surface area (Å²) in [5, 5.41) is 2.87. The van der Waals surface area contributed by atoms with Gasteiger partial charge in [0.15, 0.2) is 0 Å². The normalized spacial score (nSPS) is 12.2. The van der Waals surface area contributed by atoms with Gasteiger partial charge in [0.2, 0.25) is 5.91 Å². The summed E-state index contributed by atoms with van der Waals surface area (Å²) in [6, 6.07) is 24.8. The largest absolute Gasteiger partial charge is 0.326 e. The molecule has 0 heterocycles. The van der Waals surface area contributed by atoms with Gasteiger partial charge in [-0.05, 0) is 48.2 Å². The lowest BCUT2D eigenvalue weighted by Crippen LogP contribution is -2.16. The second-order valence-corrected chi connectivity index (χ2v) is 8.45. The monoisotopic (exact) mass is 408 g/mol. The van der Waals surface area contributed by atoms with Crippen LogP contribution in [0.5, 0.6) is 0 Å². The summed E-state index contributed by atoms with van der Waals surface area (Å²) < 4.78 is 27.5. The predicted molar refractivity (Wildman–Crippen MR) is 116 cm³/mol. The van der Waals surface area contributed by atoms with E-state index in [1.165, 1.54) is 12.1 Å². The highest BCUT2D eigenvalue weighted by Gasteiger charge is 2.16. The minimum atomic E-state index is -3.68. The van der Waals surface area contributed by atoms with Gasteiger partial charge in [-0.2, -0.15) is 0 Å². The number of sulfonamides is 1. The first-order valence-electron chi connectivity index (χ1n) is 9.50. The quantitative estimate of drug-likeness (QED) is 0.550. The zero-order valence-electron chi connectivity index (χ0n) is 16.2. The number of benzene rings is 3. The Labute approximate surface area is 171 Å². The van der Waals surface area contributed by atoms with E-state index < -0.39 is 10.0 Å². The number of carbonyl (C=O) groups excluding carboxylic acids is 1. The van der Waals surface area contributed by atoms with E-state index in [-0.39, 0.29) is 16.7 Å². The molecule has 0 saturated carbocycles. The molecule has 0 aromatic heterocycles. The van der Waals surface area contributed by atoms with Gasteiger partial charge in [0.05, 0.1) is 10.6 Å². The van der Waals surface area contributed by atoms with Crippen molar-refractivity contribution in [3.8, 4) is 0 Å². The van der Waals surface area contributed by atoms with Crippen molar-refractivity contribution in [1.82, 2.24) is 0 Å². The topological polar surface area (TPSA) is 75.3 Å².